The van der Waals surface area contributed by atoms with Crippen molar-refractivity contribution in [2.24, 2.45) is 0 Å². The van der Waals surface area contributed by atoms with Crippen molar-refractivity contribution in [2.75, 3.05) is 18.1 Å². The zero-order valence-electron chi connectivity index (χ0n) is 14.7. The number of amides is 1. The van der Waals surface area contributed by atoms with E-state index < -0.39 is 10.0 Å². The lowest BCUT2D eigenvalue weighted by Gasteiger charge is -2.18. The van der Waals surface area contributed by atoms with Crippen molar-refractivity contribution in [3.05, 3.63) is 59.2 Å². The van der Waals surface area contributed by atoms with Gasteiger partial charge >= 0.3 is 0 Å². The Morgan fingerprint density at radius 1 is 1.12 bits per heavy atom. The number of ether oxygens (including phenoxy) is 1. The number of benzene rings is 2. The Bertz CT molecular complexity index is 878. The molecule has 2 aromatic carbocycles. The third kappa shape index (κ3) is 4.73. The van der Waals surface area contributed by atoms with Crippen LogP contribution in [0.3, 0.4) is 0 Å². The topological polar surface area (TPSA) is 84.5 Å². The van der Waals surface area contributed by atoms with Crippen LogP contribution in [0.15, 0.2) is 42.5 Å². The second-order valence-electron chi connectivity index (χ2n) is 5.79. The van der Waals surface area contributed by atoms with E-state index in [4.69, 9.17) is 4.74 Å². The summed E-state index contributed by atoms with van der Waals surface area (Å²) in [6, 6.07) is 12.1. The largest absolute Gasteiger partial charge is 0.496 e. The lowest BCUT2D eigenvalue weighted by atomic mass is 10.0. The number of nitrogens with one attached hydrogen (secondary N) is 2. The number of rotatable bonds is 6. The molecule has 0 fully saturated rings. The van der Waals surface area contributed by atoms with Gasteiger partial charge in [0.05, 0.1) is 25.1 Å². The molecule has 2 rings (SSSR count). The average Bonchev–Trinajstić information content (AvgIpc) is 2.55. The van der Waals surface area contributed by atoms with Crippen molar-refractivity contribution in [2.45, 2.75) is 19.9 Å². The smallest absolute Gasteiger partial charge is 0.252 e. The highest BCUT2D eigenvalue weighted by molar-refractivity contribution is 7.92. The number of hydrogen-bond donors (Lipinski definition) is 2. The molecule has 25 heavy (non-hydrogen) atoms. The monoisotopic (exact) mass is 362 g/mol. The minimum atomic E-state index is -3.42. The summed E-state index contributed by atoms with van der Waals surface area (Å²) in [6.07, 6.45) is 1.07. The van der Waals surface area contributed by atoms with Crippen molar-refractivity contribution in [1.29, 1.82) is 0 Å². The molecular formula is C18H22N2O4S. The second-order valence-corrected chi connectivity index (χ2v) is 7.54. The Labute approximate surface area is 148 Å². The second kappa shape index (κ2) is 7.57. The predicted octanol–water partition coefficient (Wildman–Crippen LogP) is 2.87. The molecule has 0 saturated heterocycles. The Morgan fingerprint density at radius 3 is 2.44 bits per heavy atom. The minimum Gasteiger partial charge on any atom is -0.496 e. The lowest BCUT2D eigenvalue weighted by molar-refractivity contribution is 0.0939. The van der Waals surface area contributed by atoms with Crippen LogP contribution < -0.4 is 14.8 Å². The first-order chi connectivity index (χ1) is 11.7. The van der Waals surface area contributed by atoms with Crippen LogP contribution in [0.1, 0.15) is 34.5 Å². The normalized spacial score (nSPS) is 12.3. The van der Waals surface area contributed by atoms with E-state index in [1.807, 2.05) is 31.2 Å². The van der Waals surface area contributed by atoms with E-state index in [1.165, 1.54) is 0 Å². The molecule has 0 aliphatic rings. The van der Waals surface area contributed by atoms with Gasteiger partial charge in [-0.1, -0.05) is 24.3 Å². The molecule has 0 heterocycles. The number of anilines is 1. The van der Waals surface area contributed by atoms with Crippen LogP contribution in [0.5, 0.6) is 5.75 Å². The Kier molecular flexibility index (Phi) is 5.69. The van der Waals surface area contributed by atoms with E-state index >= 15 is 0 Å². The molecule has 6 nitrogen and oxygen atoms in total. The van der Waals surface area contributed by atoms with E-state index in [2.05, 4.69) is 10.0 Å². The minimum absolute atomic E-state index is 0.269. The van der Waals surface area contributed by atoms with E-state index in [0.717, 1.165) is 11.8 Å². The van der Waals surface area contributed by atoms with Gasteiger partial charge in [0.25, 0.3) is 5.91 Å². The van der Waals surface area contributed by atoms with Gasteiger partial charge in [-0.3, -0.25) is 9.52 Å². The first-order valence-electron chi connectivity index (χ1n) is 7.74. The molecule has 1 unspecified atom stereocenters. The van der Waals surface area contributed by atoms with Crippen LogP contribution in [0.25, 0.3) is 0 Å². The van der Waals surface area contributed by atoms with E-state index in [0.29, 0.717) is 22.6 Å². The summed E-state index contributed by atoms with van der Waals surface area (Å²) in [5.74, 6) is 0.410. The Morgan fingerprint density at radius 2 is 1.80 bits per heavy atom. The van der Waals surface area contributed by atoms with Crippen LogP contribution in [0.4, 0.5) is 5.69 Å². The maximum Gasteiger partial charge on any atom is 0.252 e. The van der Waals surface area contributed by atoms with Crippen LogP contribution >= 0.6 is 0 Å². The molecule has 0 bridgehead atoms. The molecule has 1 atom stereocenters. The van der Waals surface area contributed by atoms with Gasteiger partial charge in [0.1, 0.15) is 5.75 Å². The Hall–Kier alpha value is -2.54. The zero-order chi connectivity index (χ0) is 18.6. The van der Waals surface area contributed by atoms with Gasteiger partial charge in [0, 0.05) is 11.1 Å². The quantitative estimate of drug-likeness (QED) is 0.827. The van der Waals surface area contributed by atoms with Crippen LogP contribution in [-0.2, 0) is 10.0 Å². The van der Waals surface area contributed by atoms with E-state index in [-0.39, 0.29) is 11.9 Å². The van der Waals surface area contributed by atoms with E-state index in [9.17, 15) is 13.2 Å². The predicted molar refractivity (Wildman–Crippen MR) is 98.5 cm³/mol. The molecule has 2 N–H and O–H groups in total. The third-order valence-corrected chi connectivity index (χ3v) is 4.42. The number of para-hydroxylation sites is 1. The van der Waals surface area contributed by atoms with Crippen molar-refractivity contribution in [3.63, 3.8) is 0 Å². The molecule has 0 aliphatic heterocycles. The molecule has 0 saturated carbocycles. The van der Waals surface area contributed by atoms with Gasteiger partial charge in [-0.05, 0) is 37.6 Å². The van der Waals surface area contributed by atoms with Crippen LogP contribution in [0, 0.1) is 6.92 Å². The fraction of sp³-hybridized carbons (Fsp3) is 0.278. The van der Waals surface area contributed by atoms with E-state index in [1.54, 1.807) is 32.2 Å². The summed E-state index contributed by atoms with van der Waals surface area (Å²) in [5.41, 5.74) is 2.23. The fourth-order valence-corrected chi connectivity index (χ4v) is 3.19. The van der Waals surface area contributed by atoms with Crippen molar-refractivity contribution < 1.29 is 17.9 Å². The summed E-state index contributed by atoms with van der Waals surface area (Å²) in [6.45, 7) is 3.57. The summed E-state index contributed by atoms with van der Waals surface area (Å²) in [4.78, 5) is 12.6. The Balaban J connectivity index is 2.25. The van der Waals surface area contributed by atoms with Crippen molar-refractivity contribution in [1.82, 2.24) is 5.32 Å². The van der Waals surface area contributed by atoms with Gasteiger partial charge in [-0.15, -0.1) is 0 Å². The summed E-state index contributed by atoms with van der Waals surface area (Å²) in [5, 5.41) is 2.92. The van der Waals surface area contributed by atoms with Crippen molar-refractivity contribution >= 4 is 21.6 Å². The standard InChI is InChI=1S/C18H22N2O4S/c1-12-14(9-7-10-16(12)20-25(4,22)23)18(21)19-13(2)15-8-5-6-11-17(15)24-3/h5-11,13,20H,1-4H3,(H,19,21). The summed E-state index contributed by atoms with van der Waals surface area (Å²) >= 11 is 0. The van der Waals surface area contributed by atoms with Gasteiger partial charge < -0.3 is 10.1 Å². The number of carbonyl (C=O) groups is 1. The van der Waals surface area contributed by atoms with Gasteiger partial charge in [0.2, 0.25) is 10.0 Å². The highest BCUT2D eigenvalue weighted by Gasteiger charge is 2.18. The molecule has 1 amide bonds. The van der Waals surface area contributed by atoms with Crippen LogP contribution in [-0.4, -0.2) is 27.7 Å². The average molecular weight is 362 g/mol. The number of hydrogen-bond acceptors (Lipinski definition) is 4. The SMILES string of the molecule is COc1ccccc1C(C)NC(=O)c1cccc(NS(C)(=O)=O)c1C. The zero-order valence-corrected chi connectivity index (χ0v) is 15.5. The highest BCUT2D eigenvalue weighted by Crippen LogP contribution is 2.25. The number of carbonyl (C=O) groups excluding carboxylic acids is 1. The molecule has 2 aromatic rings. The molecule has 134 valence electrons. The number of methoxy groups -OCH3 is 1. The first kappa shape index (κ1) is 18.8. The molecule has 0 aliphatic carbocycles. The maximum absolute atomic E-state index is 12.6. The van der Waals surface area contributed by atoms with Crippen LogP contribution in [0.2, 0.25) is 0 Å². The molecule has 0 radical (unpaired) electrons. The summed E-state index contributed by atoms with van der Waals surface area (Å²) < 4.78 is 30.6. The molecule has 0 aromatic heterocycles. The highest BCUT2D eigenvalue weighted by atomic mass is 32.2. The third-order valence-electron chi connectivity index (χ3n) is 3.83. The van der Waals surface area contributed by atoms with Gasteiger partial charge in [0.15, 0.2) is 0 Å². The lowest BCUT2D eigenvalue weighted by Crippen LogP contribution is -2.27. The number of sulfonamides is 1. The molecule has 0 spiro atoms. The van der Waals surface area contributed by atoms with Gasteiger partial charge in [-0.2, -0.15) is 0 Å². The molecule has 7 heteroatoms. The fourth-order valence-electron chi connectivity index (χ4n) is 2.57. The maximum atomic E-state index is 12.6. The first-order valence-corrected chi connectivity index (χ1v) is 9.63. The van der Waals surface area contributed by atoms with Gasteiger partial charge in [-0.25, -0.2) is 8.42 Å². The molecular weight excluding hydrogens is 340 g/mol. The summed E-state index contributed by atoms with van der Waals surface area (Å²) in [7, 11) is -1.83. The van der Waals surface area contributed by atoms with Crippen molar-refractivity contribution in [3.8, 4) is 5.75 Å².